The molecule has 7 heteroatoms. The fourth-order valence-electron chi connectivity index (χ4n) is 3.02. The van der Waals surface area contributed by atoms with E-state index in [0.29, 0.717) is 16.6 Å². The van der Waals surface area contributed by atoms with Crippen LogP contribution in [0, 0.1) is 13.8 Å². The summed E-state index contributed by atoms with van der Waals surface area (Å²) in [5.41, 5.74) is 0.767. The second-order valence-corrected chi connectivity index (χ2v) is 7.65. The number of carbonyl (C=O) groups excluding carboxylic acids is 2. The van der Waals surface area contributed by atoms with E-state index < -0.39 is 5.97 Å². The number of carboxylic acid groups (broad SMARTS) is 1. The molecule has 0 radical (unpaired) electrons. The van der Waals surface area contributed by atoms with Gasteiger partial charge in [-0.05, 0) is 26.5 Å². The van der Waals surface area contributed by atoms with Crippen molar-refractivity contribution in [1.82, 2.24) is 4.90 Å². The number of carbonyl (C=O) groups is 2. The van der Waals surface area contributed by atoms with Crippen molar-refractivity contribution < 1.29 is 19.6 Å². The Balaban J connectivity index is 1.97. The van der Waals surface area contributed by atoms with E-state index in [-0.39, 0.29) is 18.0 Å². The molecule has 2 heterocycles. The molecular weight excluding hydrogens is 314 g/mol. The Bertz CT molecular complexity index is 592. The zero-order valence-electron chi connectivity index (χ0n) is 14.2. The maximum atomic E-state index is 12.3. The zero-order valence-corrected chi connectivity index (χ0v) is 15.0. The molecule has 0 saturated carbocycles. The average molecular weight is 339 g/mol. The van der Waals surface area contributed by atoms with Crippen LogP contribution in [0.4, 0.5) is 5.00 Å². The smallest absolute Gasteiger partial charge is 0.239 e. The quantitative estimate of drug-likeness (QED) is 0.742. The number of nitrogens with zero attached hydrogens (tertiary/aromatic N) is 1. The standard InChI is InChI=1S/C16H25N3O3S/c1-10-11(2)23-15(14(10)16(21)22)17-13(20)9-19(4)12-5-7-18(3)8-6-12/h12H,5-9H2,1-4H3,(H,17,20)(H,21,22). The van der Waals surface area contributed by atoms with Crippen molar-refractivity contribution in [2.45, 2.75) is 32.7 Å². The van der Waals surface area contributed by atoms with Crippen LogP contribution in [0.15, 0.2) is 0 Å². The molecule has 23 heavy (non-hydrogen) atoms. The summed E-state index contributed by atoms with van der Waals surface area (Å²) in [4.78, 5) is 28.0. The summed E-state index contributed by atoms with van der Waals surface area (Å²) in [7, 11) is 4.14. The van der Waals surface area contributed by atoms with Crippen LogP contribution >= 0.6 is 11.3 Å². The van der Waals surface area contributed by atoms with E-state index in [2.05, 4.69) is 17.3 Å². The topological polar surface area (TPSA) is 76.9 Å². The van der Waals surface area contributed by atoms with Gasteiger partial charge in [-0.2, -0.15) is 0 Å². The van der Waals surface area contributed by atoms with Gasteiger partial charge in [0.05, 0.1) is 32.7 Å². The van der Waals surface area contributed by atoms with E-state index in [4.69, 9.17) is 0 Å². The predicted octanol–water partition coefficient (Wildman–Crippen LogP) is -0.724. The Kier molecular flexibility index (Phi) is 5.78. The van der Waals surface area contributed by atoms with Crippen molar-refractivity contribution in [3.63, 3.8) is 0 Å². The number of nitrogens with one attached hydrogen (secondary N) is 2. The zero-order chi connectivity index (χ0) is 17.1. The number of likely N-dealkylation sites (N-methyl/N-ethyl adjacent to an activating group) is 1. The third-order valence-corrected chi connectivity index (χ3v) is 5.79. The van der Waals surface area contributed by atoms with Gasteiger partial charge in [0.25, 0.3) is 0 Å². The molecule has 0 unspecified atom stereocenters. The van der Waals surface area contributed by atoms with Crippen molar-refractivity contribution in [3.8, 4) is 0 Å². The van der Waals surface area contributed by atoms with Crippen LogP contribution in [0.3, 0.4) is 0 Å². The molecule has 2 rings (SSSR count). The number of aryl methyl sites for hydroxylation is 1. The molecule has 2 N–H and O–H groups in total. The molecular formula is C16H25N3O3S. The monoisotopic (exact) mass is 339 g/mol. The van der Waals surface area contributed by atoms with Crippen LogP contribution in [-0.2, 0) is 4.79 Å². The van der Waals surface area contributed by atoms with Gasteiger partial charge in [0.2, 0.25) is 5.91 Å². The summed E-state index contributed by atoms with van der Waals surface area (Å²) in [5.74, 6) is -1.42. The lowest BCUT2D eigenvalue weighted by Gasteiger charge is -2.32. The fourth-order valence-corrected chi connectivity index (χ4v) is 4.08. The third-order valence-electron chi connectivity index (χ3n) is 4.67. The van der Waals surface area contributed by atoms with Gasteiger partial charge in [0, 0.05) is 29.3 Å². The van der Waals surface area contributed by atoms with Crippen molar-refractivity contribution in [3.05, 3.63) is 16.0 Å². The van der Waals surface area contributed by atoms with Crippen LogP contribution in [-0.4, -0.2) is 56.5 Å². The molecule has 1 amide bonds. The number of amides is 1. The summed E-state index contributed by atoms with van der Waals surface area (Å²) in [5, 5.41) is 14.4. The van der Waals surface area contributed by atoms with Gasteiger partial charge in [0.1, 0.15) is 5.00 Å². The second kappa shape index (κ2) is 7.42. The van der Waals surface area contributed by atoms with Gasteiger partial charge in [-0.3, -0.25) is 9.69 Å². The van der Waals surface area contributed by atoms with Crippen molar-refractivity contribution in [1.29, 1.82) is 0 Å². The number of quaternary nitrogens is 1. The first-order valence-electron chi connectivity index (χ1n) is 7.92. The molecule has 1 fully saturated rings. The van der Waals surface area contributed by atoms with Crippen LogP contribution in [0.5, 0.6) is 0 Å². The maximum absolute atomic E-state index is 12.3. The van der Waals surface area contributed by atoms with Crippen LogP contribution in [0.2, 0.25) is 0 Å². The summed E-state index contributed by atoms with van der Waals surface area (Å²) < 4.78 is 0. The number of carboxylic acids is 1. The van der Waals surface area contributed by atoms with E-state index in [1.54, 1.807) is 6.92 Å². The Labute approximate surface area is 141 Å². The number of anilines is 1. The lowest BCUT2D eigenvalue weighted by atomic mass is 10.0. The van der Waals surface area contributed by atoms with E-state index in [1.165, 1.54) is 16.2 Å². The average Bonchev–Trinajstić information content (AvgIpc) is 2.74. The predicted molar refractivity (Wildman–Crippen MR) is 89.0 cm³/mol. The normalized spacial score (nSPS) is 21.4. The van der Waals surface area contributed by atoms with Gasteiger partial charge in [-0.25, -0.2) is 0 Å². The molecule has 0 aliphatic carbocycles. The molecule has 0 spiro atoms. The Morgan fingerprint density at radius 1 is 1.35 bits per heavy atom. The highest BCUT2D eigenvalue weighted by atomic mass is 32.1. The molecule has 1 aliphatic heterocycles. The number of hydrogen-bond donors (Lipinski definition) is 2. The minimum absolute atomic E-state index is 0.103. The maximum Gasteiger partial charge on any atom is 0.239 e. The summed E-state index contributed by atoms with van der Waals surface area (Å²) in [6, 6.07) is 0.414. The van der Waals surface area contributed by atoms with E-state index >= 15 is 0 Å². The first kappa shape index (κ1) is 17.9. The highest BCUT2D eigenvalue weighted by Crippen LogP contribution is 2.31. The third kappa shape index (κ3) is 4.31. The Morgan fingerprint density at radius 3 is 2.52 bits per heavy atom. The fraction of sp³-hybridized carbons (Fsp3) is 0.625. The van der Waals surface area contributed by atoms with Gasteiger partial charge in [-0.15, -0.1) is 11.3 Å². The number of likely N-dealkylation sites (tertiary alicyclic amines) is 1. The molecule has 0 bridgehead atoms. The van der Waals surface area contributed by atoms with Gasteiger partial charge in [-0.1, -0.05) is 0 Å². The second-order valence-electron chi connectivity index (χ2n) is 6.43. The molecule has 1 aliphatic rings. The summed E-state index contributed by atoms with van der Waals surface area (Å²) in [6.45, 7) is 6.09. The van der Waals surface area contributed by atoms with Gasteiger partial charge < -0.3 is 20.1 Å². The van der Waals surface area contributed by atoms with Crippen molar-refractivity contribution >= 4 is 28.2 Å². The molecule has 1 saturated heterocycles. The minimum Gasteiger partial charge on any atom is -0.545 e. The SMILES string of the molecule is Cc1sc(NC(=O)CN(C)C2CC[NH+](C)CC2)c(C(=O)[O-])c1C. The molecule has 0 aromatic carbocycles. The van der Waals surface area contributed by atoms with E-state index in [1.807, 2.05) is 14.0 Å². The van der Waals surface area contributed by atoms with Crippen LogP contribution in [0.1, 0.15) is 33.6 Å². The number of hydrogen-bond acceptors (Lipinski definition) is 5. The summed E-state index contributed by atoms with van der Waals surface area (Å²) in [6.07, 6.45) is 2.16. The van der Waals surface area contributed by atoms with E-state index in [0.717, 1.165) is 30.8 Å². The first-order valence-corrected chi connectivity index (χ1v) is 8.74. The van der Waals surface area contributed by atoms with E-state index in [9.17, 15) is 14.7 Å². The Hall–Kier alpha value is -1.44. The summed E-state index contributed by atoms with van der Waals surface area (Å²) >= 11 is 1.29. The Morgan fingerprint density at radius 2 is 1.96 bits per heavy atom. The lowest BCUT2D eigenvalue weighted by molar-refractivity contribution is -0.885. The molecule has 1 aromatic heterocycles. The van der Waals surface area contributed by atoms with Gasteiger partial charge in [0.15, 0.2) is 0 Å². The van der Waals surface area contributed by atoms with Crippen molar-refractivity contribution in [2.75, 3.05) is 39.0 Å². The van der Waals surface area contributed by atoms with Gasteiger partial charge >= 0.3 is 0 Å². The molecule has 128 valence electrons. The number of rotatable bonds is 5. The highest BCUT2D eigenvalue weighted by Gasteiger charge is 2.24. The first-order chi connectivity index (χ1) is 10.8. The highest BCUT2D eigenvalue weighted by molar-refractivity contribution is 7.16. The molecule has 0 atom stereocenters. The molecule has 1 aromatic rings. The number of aromatic carboxylic acids is 1. The largest absolute Gasteiger partial charge is 0.545 e. The minimum atomic E-state index is -1.24. The lowest BCUT2D eigenvalue weighted by Crippen LogP contribution is -3.10. The van der Waals surface area contributed by atoms with Crippen LogP contribution < -0.4 is 15.3 Å². The van der Waals surface area contributed by atoms with Crippen molar-refractivity contribution in [2.24, 2.45) is 0 Å². The molecule has 6 nitrogen and oxygen atoms in total. The number of thiophene rings is 1. The van der Waals surface area contributed by atoms with Crippen LogP contribution in [0.25, 0.3) is 0 Å². The number of piperidine rings is 1.